The van der Waals surface area contributed by atoms with Gasteiger partial charge in [-0.05, 0) is 66.9 Å². The standard InChI is InChI=1S/C26H26N2O4/c1-3-30-25-15-21(10-12-24(25)31-17-19-7-5-4-6-8-19)26(29)28-27-16-20-9-11-23-22(14-20)13-18(2)32-23/h4-12,14-16,18H,3,13,17H2,1-2H3,(H,28,29)/b27-16+/t18-/m1/s1. The third-order valence-corrected chi connectivity index (χ3v) is 5.04. The van der Waals surface area contributed by atoms with Gasteiger partial charge in [-0.25, -0.2) is 5.43 Å². The van der Waals surface area contributed by atoms with Gasteiger partial charge in [0.15, 0.2) is 11.5 Å². The molecule has 0 radical (unpaired) electrons. The van der Waals surface area contributed by atoms with E-state index in [9.17, 15) is 4.79 Å². The molecule has 1 heterocycles. The van der Waals surface area contributed by atoms with Crippen molar-refractivity contribution >= 4 is 12.1 Å². The molecule has 1 amide bonds. The Morgan fingerprint density at radius 2 is 1.94 bits per heavy atom. The quantitative estimate of drug-likeness (QED) is 0.414. The zero-order valence-electron chi connectivity index (χ0n) is 18.2. The van der Waals surface area contributed by atoms with Crippen molar-refractivity contribution in [3.63, 3.8) is 0 Å². The Kier molecular flexibility index (Phi) is 6.70. The Hall–Kier alpha value is -3.80. The van der Waals surface area contributed by atoms with Crippen LogP contribution >= 0.6 is 0 Å². The lowest BCUT2D eigenvalue weighted by Gasteiger charge is -2.13. The van der Waals surface area contributed by atoms with Crippen molar-refractivity contribution in [1.29, 1.82) is 0 Å². The molecule has 1 aliphatic heterocycles. The van der Waals surface area contributed by atoms with Crippen LogP contribution in [-0.2, 0) is 13.0 Å². The highest BCUT2D eigenvalue weighted by molar-refractivity contribution is 5.95. The average molecular weight is 431 g/mol. The lowest BCUT2D eigenvalue weighted by Crippen LogP contribution is -2.17. The van der Waals surface area contributed by atoms with Crippen molar-refractivity contribution < 1.29 is 19.0 Å². The van der Waals surface area contributed by atoms with Gasteiger partial charge in [0.1, 0.15) is 18.5 Å². The molecule has 1 N–H and O–H groups in total. The van der Waals surface area contributed by atoms with Gasteiger partial charge in [-0.3, -0.25) is 4.79 Å². The minimum Gasteiger partial charge on any atom is -0.490 e. The van der Waals surface area contributed by atoms with Crippen molar-refractivity contribution in [3.05, 3.63) is 89.0 Å². The molecule has 0 fully saturated rings. The van der Waals surface area contributed by atoms with E-state index in [4.69, 9.17) is 14.2 Å². The van der Waals surface area contributed by atoms with E-state index in [1.165, 1.54) is 0 Å². The largest absolute Gasteiger partial charge is 0.490 e. The molecule has 0 spiro atoms. The highest BCUT2D eigenvalue weighted by atomic mass is 16.5. The highest BCUT2D eigenvalue weighted by Crippen LogP contribution is 2.30. The number of fused-ring (bicyclic) bond motifs is 1. The summed E-state index contributed by atoms with van der Waals surface area (Å²) < 4.78 is 17.3. The summed E-state index contributed by atoms with van der Waals surface area (Å²) in [4.78, 5) is 12.6. The fourth-order valence-corrected chi connectivity index (χ4v) is 3.52. The van der Waals surface area contributed by atoms with E-state index in [1.807, 2.05) is 62.4 Å². The third kappa shape index (κ3) is 5.27. The number of ether oxygens (including phenoxy) is 3. The first-order valence-electron chi connectivity index (χ1n) is 10.7. The second kappa shape index (κ2) is 10.0. The zero-order chi connectivity index (χ0) is 22.3. The summed E-state index contributed by atoms with van der Waals surface area (Å²) in [5.41, 5.74) is 6.12. The SMILES string of the molecule is CCOc1cc(C(=O)N/N=C/c2ccc3c(c2)C[C@@H](C)O3)ccc1OCc1ccccc1. The van der Waals surface area contributed by atoms with Crippen molar-refractivity contribution in [2.45, 2.75) is 33.0 Å². The van der Waals surface area contributed by atoms with Crippen LogP contribution in [0.3, 0.4) is 0 Å². The van der Waals surface area contributed by atoms with Gasteiger partial charge in [0.2, 0.25) is 0 Å². The normalized spacial score (nSPS) is 14.6. The van der Waals surface area contributed by atoms with Gasteiger partial charge in [-0.2, -0.15) is 5.10 Å². The maximum absolute atomic E-state index is 12.6. The lowest BCUT2D eigenvalue weighted by molar-refractivity contribution is 0.0954. The Morgan fingerprint density at radius 3 is 2.75 bits per heavy atom. The Labute approximate surface area is 187 Å². The predicted molar refractivity (Wildman–Crippen MR) is 124 cm³/mol. The Bertz CT molecular complexity index is 1110. The number of rotatable bonds is 8. The third-order valence-electron chi connectivity index (χ3n) is 5.04. The van der Waals surface area contributed by atoms with Crippen molar-refractivity contribution in [3.8, 4) is 17.2 Å². The molecule has 3 aromatic rings. The minimum absolute atomic E-state index is 0.191. The summed E-state index contributed by atoms with van der Waals surface area (Å²) in [6.45, 7) is 4.82. The van der Waals surface area contributed by atoms with E-state index in [2.05, 4.69) is 10.5 Å². The number of benzene rings is 3. The van der Waals surface area contributed by atoms with E-state index in [0.717, 1.165) is 28.9 Å². The van der Waals surface area contributed by atoms with Crippen LogP contribution in [0.15, 0.2) is 71.8 Å². The zero-order valence-corrected chi connectivity index (χ0v) is 18.2. The molecular weight excluding hydrogens is 404 g/mol. The predicted octanol–water partition coefficient (Wildman–Crippen LogP) is 4.75. The van der Waals surface area contributed by atoms with Gasteiger partial charge >= 0.3 is 0 Å². The first kappa shape index (κ1) is 21.4. The summed E-state index contributed by atoms with van der Waals surface area (Å²) in [7, 11) is 0. The molecule has 1 atom stereocenters. The van der Waals surface area contributed by atoms with Crippen LogP contribution in [-0.4, -0.2) is 24.8 Å². The number of hydrogen-bond acceptors (Lipinski definition) is 5. The van der Waals surface area contributed by atoms with Crippen LogP contribution in [0.5, 0.6) is 17.2 Å². The maximum atomic E-state index is 12.6. The van der Waals surface area contributed by atoms with E-state index in [-0.39, 0.29) is 12.0 Å². The molecule has 1 aliphatic rings. The number of hydrazone groups is 1. The Balaban J connectivity index is 1.40. The second-order valence-electron chi connectivity index (χ2n) is 7.57. The Morgan fingerprint density at radius 1 is 1.09 bits per heavy atom. The number of hydrogen-bond donors (Lipinski definition) is 1. The average Bonchev–Trinajstić information content (AvgIpc) is 3.18. The van der Waals surface area contributed by atoms with Crippen LogP contribution in [0.2, 0.25) is 0 Å². The van der Waals surface area contributed by atoms with Gasteiger partial charge in [-0.1, -0.05) is 30.3 Å². The highest BCUT2D eigenvalue weighted by Gasteiger charge is 2.18. The molecule has 0 unspecified atom stereocenters. The first-order valence-corrected chi connectivity index (χ1v) is 10.7. The summed E-state index contributed by atoms with van der Waals surface area (Å²) in [6, 6.07) is 20.9. The maximum Gasteiger partial charge on any atom is 0.271 e. The van der Waals surface area contributed by atoms with Crippen LogP contribution in [0.25, 0.3) is 0 Å². The molecule has 6 nitrogen and oxygen atoms in total. The lowest BCUT2D eigenvalue weighted by atomic mass is 10.1. The fraction of sp³-hybridized carbons (Fsp3) is 0.231. The topological polar surface area (TPSA) is 69.2 Å². The van der Waals surface area contributed by atoms with Crippen LogP contribution in [0.4, 0.5) is 0 Å². The van der Waals surface area contributed by atoms with E-state index in [1.54, 1.807) is 24.4 Å². The van der Waals surface area contributed by atoms with Crippen molar-refractivity contribution in [2.75, 3.05) is 6.61 Å². The summed E-state index contributed by atoms with van der Waals surface area (Å²) in [5, 5.41) is 4.10. The van der Waals surface area contributed by atoms with E-state index in [0.29, 0.717) is 30.3 Å². The van der Waals surface area contributed by atoms with Gasteiger partial charge in [0.05, 0.1) is 12.8 Å². The van der Waals surface area contributed by atoms with Crippen molar-refractivity contribution in [2.24, 2.45) is 5.10 Å². The van der Waals surface area contributed by atoms with Gasteiger partial charge in [-0.15, -0.1) is 0 Å². The molecule has 164 valence electrons. The van der Waals surface area contributed by atoms with Crippen LogP contribution in [0.1, 0.15) is 40.9 Å². The van der Waals surface area contributed by atoms with Gasteiger partial charge < -0.3 is 14.2 Å². The number of nitrogens with zero attached hydrogens (tertiary/aromatic N) is 1. The van der Waals surface area contributed by atoms with E-state index < -0.39 is 0 Å². The molecule has 32 heavy (non-hydrogen) atoms. The molecule has 0 aliphatic carbocycles. The van der Waals surface area contributed by atoms with Crippen LogP contribution in [0, 0.1) is 0 Å². The molecule has 0 aromatic heterocycles. The first-order chi connectivity index (χ1) is 15.6. The monoisotopic (exact) mass is 430 g/mol. The summed E-state index contributed by atoms with van der Waals surface area (Å²) in [5.74, 6) is 1.70. The molecule has 0 saturated heterocycles. The second-order valence-corrected chi connectivity index (χ2v) is 7.57. The summed E-state index contributed by atoms with van der Waals surface area (Å²) in [6.07, 6.45) is 2.70. The molecule has 0 saturated carbocycles. The number of carbonyl (C=O) groups excluding carboxylic acids is 1. The molecule has 6 heteroatoms. The molecule has 3 aromatic carbocycles. The van der Waals surface area contributed by atoms with Gasteiger partial charge in [0, 0.05) is 12.0 Å². The van der Waals surface area contributed by atoms with Gasteiger partial charge in [0.25, 0.3) is 5.91 Å². The minimum atomic E-state index is -0.324. The number of carbonyl (C=O) groups is 1. The van der Waals surface area contributed by atoms with Crippen LogP contribution < -0.4 is 19.6 Å². The smallest absolute Gasteiger partial charge is 0.271 e. The van der Waals surface area contributed by atoms with Crippen molar-refractivity contribution in [1.82, 2.24) is 5.43 Å². The molecular formula is C26H26N2O4. The molecule has 4 rings (SSSR count). The summed E-state index contributed by atoms with van der Waals surface area (Å²) >= 11 is 0. The molecule has 0 bridgehead atoms. The number of nitrogens with one attached hydrogen (secondary N) is 1. The van der Waals surface area contributed by atoms with E-state index >= 15 is 0 Å². The number of amides is 1. The fourth-order valence-electron chi connectivity index (χ4n) is 3.52.